The van der Waals surface area contributed by atoms with Crippen LogP contribution in [0.15, 0.2) is 47.9 Å². The third-order valence-corrected chi connectivity index (χ3v) is 5.05. The number of aliphatic hydroxyl groups is 1. The second kappa shape index (κ2) is 8.26. The number of nitrogens with two attached hydrogens (primary N) is 2. The van der Waals surface area contributed by atoms with E-state index < -0.39 is 17.2 Å². The number of nitrogens with zero attached hydrogens (tertiary/aromatic N) is 2. The standard InChI is InChI=1S/C21H24F2N4O2/c1-3-13(7-16(24)19-14(22)5-4-6-15(19)23)20(25)12(2)17-8-26-9-18(27-17)21(28)10-29-11-21/h4-9,12,28H,3,10-11,24-25H2,1-2H3/b16-7-,20-13-. The lowest BCUT2D eigenvalue weighted by Gasteiger charge is -2.35. The Balaban J connectivity index is 1.95. The van der Waals surface area contributed by atoms with Crippen molar-refractivity contribution in [1.82, 2.24) is 9.97 Å². The van der Waals surface area contributed by atoms with E-state index in [1.165, 1.54) is 18.3 Å². The first-order chi connectivity index (χ1) is 13.8. The SMILES string of the molecule is CCC(/C=C(\N)c1c(F)cccc1F)=C(/N)C(C)c1cncc(C2(O)COC2)n1. The minimum Gasteiger partial charge on any atom is -0.401 e. The topological polar surface area (TPSA) is 107 Å². The van der Waals surface area contributed by atoms with E-state index in [0.29, 0.717) is 29.1 Å². The molecule has 3 rings (SSSR count). The van der Waals surface area contributed by atoms with Gasteiger partial charge in [-0.3, -0.25) is 9.97 Å². The highest BCUT2D eigenvalue weighted by atomic mass is 19.1. The van der Waals surface area contributed by atoms with Crippen LogP contribution in [-0.2, 0) is 10.3 Å². The molecule has 1 fully saturated rings. The van der Waals surface area contributed by atoms with Crippen LogP contribution in [-0.4, -0.2) is 28.3 Å². The zero-order chi connectivity index (χ0) is 21.2. The fourth-order valence-corrected chi connectivity index (χ4v) is 3.12. The Morgan fingerprint density at radius 1 is 1.28 bits per heavy atom. The van der Waals surface area contributed by atoms with Crippen LogP contribution >= 0.6 is 0 Å². The van der Waals surface area contributed by atoms with Crippen molar-refractivity contribution in [2.75, 3.05) is 13.2 Å². The first kappa shape index (κ1) is 20.9. The van der Waals surface area contributed by atoms with Gasteiger partial charge in [-0.15, -0.1) is 0 Å². The Kier molecular flexibility index (Phi) is 5.95. The van der Waals surface area contributed by atoms with Gasteiger partial charge in [0.05, 0.1) is 36.4 Å². The highest BCUT2D eigenvalue weighted by molar-refractivity contribution is 5.66. The monoisotopic (exact) mass is 402 g/mol. The molecule has 6 nitrogen and oxygen atoms in total. The lowest BCUT2D eigenvalue weighted by molar-refractivity contribution is -0.187. The number of ether oxygens (including phenoxy) is 1. The van der Waals surface area contributed by atoms with Gasteiger partial charge in [-0.1, -0.05) is 19.9 Å². The van der Waals surface area contributed by atoms with Crippen LogP contribution in [0.25, 0.3) is 5.70 Å². The maximum Gasteiger partial charge on any atom is 0.154 e. The molecule has 1 aromatic heterocycles. The van der Waals surface area contributed by atoms with Crippen LogP contribution in [0.2, 0.25) is 0 Å². The zero-order valence-corrected chi connectivity index (χ0v) is 16.3. The van der Waals surface area contributed by atoms with Crippen LogP contribution in [0.5, 0.6) is 0 Å². The Labute approximate surface area is 167 Å². The highest BCUT2D eigenvalue weighted by Gasteiger charge is 2.40. The van der Waals surface area contributed by atoms with Gasteiger partial charge >= 0.3 is 0 Å². The second-order valence-electron chi connectivity index (χ2n) is 7.11. The summed E-state index contributed by atoms with van der Waals surface area (Å²) in [5.41, 5.74) is 12.9. The van der Waals surface area contributed by atoms with E-state index in [-0.39, 0.29) is 30.4 Å². The number of benzene rings is 1. The van der Waals surface area contributed by atoms with Gasteiger partial charge in [-0.25, -0.2) is 8.78 Å². The number of hydrogen-bond acceptors (Lipinski definition) is 6. The first-order valence-electron chi connectivity index (χ1n) is 9.29. The molecule has 0 spiro atoms. The lowest BCUT2D eigenvalue weighted by Crippen LogP contribution is -2.47. The van der Waals surface area contributed by atoms with Gasteiger partial charge in [0.25, 0.3) is 0 Å². The molecule has 1 unspecified atom stereocenters. The van der Waals surface area contributed by atoms with Crippen molar-refractivity contribution in [3.8, 4) is 0 Å². The van der Waals surface area contributed by atoms with Crippen molar-refractivity contribution in [3.05, 3.63) is 76.5 Å². The number of hydrogen-bond donors (Lipinski definition) is 3. The normalized spacial score (nSPS) is 18.0. The van der Waals surface area contributed by atoms with Crippen molar-refractivity contribution < 1.29 is 18.6 Å². The average Bonchev–Trinajstić information content (AvgIpc) is 2.69. The van der Waals surface area contributed by atoms with E-state index in [1.54, 1.807) is 6.20 Å². The van der Waals surface area contributed by atoms with Crippen LogP contribution in [0, 0.1) is 11.6 Å². The molecule has 0 saturated carbocycles. The van der Waals surface area contributed by atoms with Gasteiger partial charge in [-0.2, -0.15) is 0 Å². The molecular weight excluding hydrogens is 378 g/mol. The molecule has 1 saturated heterocycles. The Morgan fingerprint density at radius 2 is 1.93 bits per heavy atom. The van der Waals surface area contributed by atoms with Gasteiger partial charge < -0.3 is 21.3 Å². The molecule has 0 bridgehead atoms. The highest BCUT2D eigenvalue weighted by Crippen LogP contribution is 2.30. The van der Waals surface area contributed by atoms with E-state index in [9.17, 15) is 13.9 Å². The molecule has 0 aliphatic carbocycles. The minimum atomic E-state index is -1.14. The lowest BCUT2D eigenvalue weighted by atomic mass is 9.95. The molecule has 1 aliphatic rings. The van der Waals surface area contributed by atoms with E-state index in [4.69, 9.17) is 16.2 Å². The molecule has 1 aliphatic heterocycles. The molecule has 5 N–H and O–H groups in total. The summed E-state index contributed by atoms with van der Waals surface area (Å²) in [6, 6.07) is 3.58. The zero-order valence-electron chi connectivity index (χ0n) is 16.3. The van der Waals surface area contributed by atoms with Gasteiger partial charge in [0.1, 0.15) is 11.6 Å². The minimum absolute atomic E-state index is 0.0478. The van der Waals surface area contributed by atoms with Gasteiger partial charge in [0, 0.05) is 23.5 Å². The van der Waals surface area contributed by atoms with Gasteiger partial charge in [0.15, 0.2) is 5.60 Å². The van der Waals surface area contributed by atoms with Crippen molar-refractivity contribution in [1.29, 1.82) is 0 Å². The second-order valence-corrected chi connectivity index (χ2v) is 7.11. The van der Waals surface area contributed by atoms with Crippen molar-refractivity contribution in [2.24, 2.45) is 11.5 Å². The van der Waals surface area contributed by atoms with Crippen LogP contribution in [0.4, 0.5) is 8.78 Å². The number of halogens is 2. The van der Waals surface area contributed by atoms with Crippen molar-refractivity contribution in [2.45, 2.75) is 31.8 Å². The third kappa shape index (κ3) is 4.13. The Morgan fingerprint density at radius 3 is 2.48 bits per heavy atom. The fraction of sp³-hybridized carbons (Fsp3) is 0.333. The fourth-order valence-electron chi connectivity index (χ4n) is 3.12. The summed E-state index contributed by atoms with van der Waals surface area (Å²) in [7, 11) is 0. The summed E-state index contributed by atoms with van der Waals surface area (Å²) in [6.07, 6.45) is 5.05. The molecule has 154 valence electrons. The molecular formula is C21H24F2N4O2. The van der Waals surface area contributed by atoms with Gasteiger partial charge in [-0.05, 0) is 30.2 Å². The largest absolute Gasteiger partial charge is 0.401 e. The molecule has 2 aromatic rings. The maximum atomic E-state index is 14.0. The van der Waals surface area contributed by atoms with Crippen molar-refractivity contribution >= 4 is 5.70 Å². The smallest absolute Gasteiger partial charge is 0.154 e. The van der Waals surface area contributed by atoms with E-state index in [0.717, 1.165) is 12.1 Å². The molecule has 1 atom stereocenters. The molecule has 1 aromatic carbocycles. The molecule has 2 heterocycles. The average molecular weight is 402 g/mol. The summed E-state index contributed by atoms with van der Waals surface area (Å²) in [6.45, 7) is 4.04. The Bertz CT molecular complexity index is 951. The van der Waals surface area contributed by atoms with E-state index in [1.807, 2.05) is 13.8 Å². The van der Waals surface area contributed by atoms with Gasteiger partial charge in [0.2, 0.25) is 0 Å². The predicted molar refractivity (Wildman–Crippen MR) is 105 cm³/mol. The summed E-state index contributed by atoms with van der Waals surface area (Å²) in [4.78, 5) is 8.65. The van der Waals surface area contributed by atoms with Crippen LogP contribution in [0.1, 0.15) is 43.1 Å². The van der Waals surface area contributed by atoms with Crippen molar-refractivity contribution in [3.63, 3.8) is 0 Å². The van der Waals surface area contributed by atoms with Crippen LogP contribution in [0.3, 0.4) is 0 Å². The third-order valence-electron chi connectivity index (χ3n) is 5.05. The molecule has 0 radical (unpaired) electrons. The molecule has 0 amide bonds. The molecule has 29 heavy (non-hydrogen) atoms. The maximum absolute atomic E-state index is 14.0. The summed E-state index contributed by atoms with van der Waals surface area (Å²) < 4.78 is 33.1. The number of rotatable bonds is 6. The van der Waals surface area contributed by atoms with E-state index >= 15 is 0 Å². The summed E-state index contributed by atoms with van der Waals surface area (Å²) in [5.74, 6) is -1.83. The number of allylic oxidation sites excluding steroid dienone is 3. The first-order valence-corrected chi connectivity index (χ1v) is 9.29. The van der Waals surface area contributed by atoms with E-state index in [2.05, 4.69) is 9.97 Å². The summed E-state index contributed by atoms with van der Waals surface area (Å²) >= 11 is 0. The Hall–Kier alpha value is -2.84. The number of aromatic nitrogens is 2. The predicted octanol–water partition coefficient (Wildman–Crippen LogP) is 2.70. The quantitative estimate of drug-likeness (QED) is 0.642. The van der Waals surface area contributed by atoms with Crippen LogP contribution < -0.4 is 11.5 Å². The summed E-state index contributed by atoms with van der Waals surface area (Å²) in [5, 5.41) is 10.4. The molecule has 8 heteroatoms.